The summed E-state index contributed by atoms with van der Waals surface area (Å²) in [6.45, 7) is 1.91. The Bertz CT molecular complexity index is 992. The van der Waals surface area contributed by atoms with Gasteiger partial charge in [-0.1, -0.05) is 55.5 Å². The van der Waals surface area contributed by atoms with Crippen LogP contribution < -0.4 is 10.6 Å². The van der Waals surface area contributed by atoms with Gasteiger partial charge in [-0.3, -0.25) is 9.59 Å². The number of nitrogens with one attached hydrogen (secondary N) is 3. The predicted octanol–water partition coefficient (Wildman–Crippen LogP) is 3.35. The minimum absolute atomic E-state index is 0.0929. The number of fused-ring (bicyclic) bond motifs is 1. The van der Waals surface area contributed by atoms with Crippen molar-refractivity contribution in [3.63, 3.8) is 0 Å². The maximum Gasteiger partial charge on any atom is 0.243 e. The van der Waals surface area contributed by atoms with Gasteiger partial charge in [0.2, 0.25) is 11.8 Å². The fraction of sp³-hybridized carbons (Fsp3) is 0.333. The molecule has 1 fully saturated rings. The minimum atomic E-state index is -0.583. The monoisotopic (exact) mass is 389 g/mol. The Labute approximate surface area is 170 Å². The molecule has 5 nitrogen and oxygen atoms in total. The molecule has 150 valence electrons. The average molecular weight is 389 g/mol. The van der Waals surface area contributed by atoms with Crippen LogP contribution in [0.25, 0.3) is 10.9 Å². The molecule has 2 aromatic carbocycles. The van der Waals surface area contributed by atoms with E-state index in [0.29, 0.717) is 12.8 Å². The first-order valence-corrected chi connectivity index (χ1v) is 10.3. The molecule has 5 heteroatoms. The van der Waals surface area contributed by atoms with Crippen LogP contribution in [-0.2, 0) is 22.4 Å². The number of amides is 2. The Morgan fingerprint density at radius 2 is 1.72 bits per heavy atom. The highest BCUT2D eigenvalue weighted by molar-refractivity contribution is 5.90. The van der Waals surface area contributed by atoms with Crippen LogP contribution >= 0.6 is 0 Å². The van der Waals surface area contributed by atoms with Gasteiger partial charge >= 0.3 is 0 Å². The Morgan fingerprint density at radius 1 is 1.00 bits per heavy atom. The lowest BCUT2D eigenvalue weighted by atomic mass is 9.99. The largest absolute Gasteiger partial charge is 0.361 e. The second-order valence-corrected chi connectivity index (χ2v) is 8.00. The van der Waals surface area contributed by atoms with E-state index in [1.54, 1.807) is 0 Å². The van der Waals surface area contributed by atoms with Gasteiger partial charge in [-0.15, -0.1) is 0 Å². The molecule has 2 atom stereocenters. The van der Waals surface area contributed by atoms with E-state index in [1.807, 2.05) is 67.7 Å². The summed E-state index contributed by atoms with van der Waals surface area (Å²) in [6, 6.07) is 17.6. The molecule has 1 aliphatic rings. The maximum atomic E-state index is 12.9. The zero-order valence-corrected chi connectivity index (χ0v) is 16.7. The van der Waals surface area contributed by atoms with Gasteiger partial charge in [0.1, 0.15) is 6.04 Å². The number of hydrogen-bond donors (Lipinski definition) is 3. The zero-order chi connectivity index (χ0) is 20.2. The molecule has 1 aliphatic carbocycles. The molecular weight excluding hydrogens is 362 g/mol. The fourth-order valence-corrected chi connectivity index (χ4v) is 3.63. The van der Waals surface area contributed by atoms with E-state index in [2.05, 4.69) is 15.6 Å². The van der Waals surface area contributed by atoms with E-state index in [4.69, 9.17) is 0 Å². The topological polar surface area (TPSA) is 74.0 Å². The molecule has 0 radical (unpaired) electrons. The van der Waals surface area contributed by atoms with Crippen molar-refractivity contribution in [3.05, 3.63) is 71.9 Å². The third kappa shape index (κ3) is 4.86. The first-order valence-electron chi connectivity index (χ1n) is 10.3. The molecule has 1 heterocycles. The number of benzene rings is 2. The van der Waals surface area contributed by atoms with Crippen LogP contribution in [-0.4, -0.2) is 28.9 Å². The summed E-state index contributed by atoms with van der Waals surface area (Å²) in [7, 11) is 0. The lowest BCUT2D eigenvalue weighted by Gasteiger charge is -2.21. The van der Waals surface area contributed by atoms with Crippen molar-refractivity contribution in [3.8, 4) is 0 Å². The Hall–Kier alpha value is -3.08. The van der Waals surface area contributed by atoms with Crippen LogP contribution in [0, 0.1) is 5.92 Å². The second kappa shape index (κ2) is 8.52. The van der Waals surface area contributed by atoms with Gasteiger partial charge in [0, 0.05) is 35.5 Å². The van der Waals surface area contributed by atoms with Crippen LogP contribution in [0.15, 0.2) is 60.8 Å². The molecule has 0 bridgehead atoms. The second-order valence-electron chi connectivity index (χ2n) is 8.00. The number of aromatic amines is 1. The van der Waals surface area contributed by atoms with Crippen LogP contribution in [0.4, 0.5) is 0 Å². The van der Waals surface area contributed by atoms with E-state index >= 15 is 0 Å². The summed E-state index contributed by atoms with van der Waals surface area (Å²) in [5, 5.41) is 7.14. The van der Waals surface area contributed by atoms with Crippen molar-refractivity contribution in [2.75, 3.05) is 0 Å². The molecule has 3 aromatic rings. The Morgan fingerprint density at radius 3 is 2.48 bits per heavy atom. The van der Waals surface area contributed by atoms with Crippen molar-refractivity contribution >= 4 is 22.7 Å². The molecule has 29 heavy (non-hydrogen) atoms. The summed E-state index contributed by atoms with van der Waals surface area (Å²) in [5.41, 5.74) is 3.19. The van der Waals surface area contributed by atoms with Crippen molar-refractivity contribution in [1.82, 2.24) is 15.6 Å². The number of carbonyl (C=O) groups excluding carboxylic acids is 2. The van der Waals surface area contributed by atoms with Crippen molar-refractivity contribution < 1.29 is 9.59 Å². The van der Waals surface area contributed by atoms with Gasteiger partial charge in [-0.25, -0.2) is 0 Å². The molecule has 0 spiro atoms. The van der Waals surface area contributed by atoms with Gasteiger partial charge in [-0.2, -0.15) is 0 Å². The van der Waals surface area contributed by atoms with Gasteiger partial charge < -0.3 is 15.6 Å². The van der Waals surface area contributed by atoms with E-state index in [0.717, 1.165) is 34.9 Å². The molecule has 1 aromatic heterocycles. The number of hydrogen-bond acceptors (Lipinski definition) is 2. The first kappa shape index (κ1) is 19.2. The molecule has 0 aliphatic heterocycles. The molecule has 4 rings (SSSR count). The standard InChI is InChI=1S/C24H27N3O2/c1-16(13-17-7-3-2-4-8-17)23(28)27-22(24(29)26-19-11-12-19)14-18-15-25-21-10-6-5-9-20(18)21/h2-10,15-16,19,22,25H,11-14H2,1H3,(H,26,29)(H,27,28). The third-order valence-corrected chi connectivity index (χ3v) is 5.49. The van der Waals surface area contributed by atoms with Gasteiger partial charge in [0.15, 0.2) is 0 Å². The lowest BCUT2D eigenvalue weighted by Crippen LogP contribution is -2.50. The molecule has 3 N–H and O–H groups in total. The van der Waals surface area contributed by atoms with Crippen LogP contribution in [0.1, 0.15) is 30.9 Å². The summed E-state index contributed by atoms with van der Waals surface area (Å²) in [4.78, 5) is 28.9. The summed E-state index contributed by atoms with van der Waals surface area (Å²) in [5.74, 6) is -0.403. The van der Waals surface area contributed by atoms with Crippen LogP contribution in [0.5, 0.6) is 0 Å². The maximum absolute atomic E-state index is 12.9. The highest BCUT2D eigenvalue weighted by Crippen LogP contribution is 2.21. The molecule has 0 saturated heterocycles. The van der Waals surface area contributed by atoms with Gasteiger partial charge in [-0.05, 0) is 36.5 Å². The molecule has 2 amide bonds. The summed E-state index contributed by atoms with van der Waals surface area (Å²) < 4.78 is 0. The number of H-pyrrole nitrogens is 1. The van der Waals surface area contributed by atoms with Crippen LogP contribution in [0.3, 0.4) is 0 Å². The Kier molecular flexibility index (Phi) is 5.65. The van der Waals surface area contributed by atoms with Crippen molar-refractivity contribution in [2.45, 2.75) is 44.7 Å². The van der Waals surface area contributed by atoms with Crippen molar-refractivity contribution in [1.29, 1.82) is 0 Å². The Balaban J connectivity index is 1.47. The first-order chi connectivity index (χ1) is 14.1. The third-order valence-electron chi connectivity index (χ3n) is 5.49. The highest BCUT2D eigenvalue weighted by atomic mass is 16.2. The number of aromatic nitrogens is 1. The van der Waals surface area contributed by atoms with Gasteiger partial charge in [0.25, 0.3) is 0 Å². The van der Waals surface area contributed by atoms with E-state index in [-0.39, 0.29) is 23.8 Å². The molecule has 2 unspecified atom stereocenters. The fourth-order valence-electron chi connectivity index (χ4n) is 3.63. The van der Waals surface area contributed by atoms with Gasteiger partial charge in [0.05, 0.1) is 0 Å². The lowest BCUT2D eigenvalue weighted by molar-refractivity contribution is -0.130. The van der Waals surface area contributed by atoms with E-state index in [9.17, 15) is 9.59 Å². The normalized spacial score (nSPS) is 15.6. The molecular formula is C24H27N3O2. The minimum Gasteiger partial charge on any atom is -0.361 e. The zero-order valence-electron chi connectivity index (χ0n) is 16.7. The smallest absolute Gasteiger partial charge is 0.243 e. The highest BCUT2D eigenvalue weighted by Gasteiger charge is 2.30. The summed E-state index contributed by atoms with van der Waals surface area (Å²) >= 11 is 0. The number of para-hydroxylation sites is 1. The predicted molar refractivity (Wildman–Crippen MR) is 114 cm³/mol. The molecule has 1 saturated carbocycles. The van der Waals surface area contributed by atoms with Crippen molar-refractivity contribution in [2.24, 2.45) is 5.92 Å². The average Bonchev–Trinajstić information content (AvgIpc) is 3.46. The van der Waals surface area contributed by atoms with Crippen LogP contribution in [0.2, 0.25) is 0 Å². The SMILES string of the molecule is CC(Cc1ccccc1)C(=O)NC(Cc1c[nH]c2ccccc12)C(=O)NC1CC1. The quantitative estimate of drug-likeness (QED) is 0.553. The summed E-state index contributed by atoms with van der Waals surface area (Å²) in [6.07, 6.45) is 5.08. The number of rotatable bonds is 8. The number of carbonyl (C=O) groups is 2. The van der Waals surface area contributed by atoms with E-state index in [1.165, 1.54) is 0 Å². The van der Waals surface area contributed by atoms with E-state index < -0.39 is 6.04 Å².